The summed E-state index contributed by atoms with van der Waals surface area (Å²) in [5.41, 5.74) is 1.90. The molecule has 6 rings (SSSR count). The molecular formula is C24H19Cl2FN8OS. The monoisotopic (exact) mass is 556 g/mol. The fraction of sp³-hybridized carbons (Fsp3) is 0.250. The number of benzene rings is 2. The Morgan fingerprint density at radius 1 is 1.08 bits per heavy atom. The third kappa shape index (κ3) is 4.46. The van der Waals surface area contributed by atoms with E-state index in [0.717, 1.165) is 32.2 Å². The summed E-state index contributed by atoms with van der Waals surface area (Å²) in [5.74, 6) is -0.0502. The first kappa shape index (κ1) is 24.2. The van der Waals surface area contributed by atoms with Crippen molar-refractivity contribution in [1.82, 2.24) is 39.6 Å². The minimum absolute atomic E-state index is 0.155. The molecule has 1 aliphatic heterocycles. The molecule has 188 valence electrons. The Labute approximate surface area is 224 Å². The van der Waals surface area contributed by atoms with Crippen LogP contribution in [0.2, 0.25) is 10.0 Å². The first-order valence-corrected chi connectivity index (χ1v) is 13.1. The highest BCUT2D eigenvalue weighted by molar-refractivity contribution is 7.99. The number of piperidine rings is 1. The molecule has 3 aromatic heterocycles. The molecular weight excluding hydrogens is 538 g/mol. The normalized spacial score (nSPS) is 15.1. The molecule has 0 radical (unpaired) electrons. The van der Waals surface area contributed by atoms with Crippen LogP contribution in [0.4, 0.5) is 4.39 Å². The maximum Gasteiger partial charge on any atom is 0.216 e. The SMILES string of the molecule is CN1CCC(n2nnnc2Sc2nc3cc(Cl)c(Cl)cc3nc2-n2cc(C=O)c3ccc(F)cc32)CC1. The molecule has 0 bridgehead atoms. The zero-order chi connectivity index (χ0) is 25.7. The highest BCUT2D eigenvalue weighted by Crippen LogP contribution is 2.36. The van der Waals surface area contributed by atoms with Gasteiger partial charge in [-0.05, 0) is 85.5 Å². The van der Waals surface area contributed by atoms with Crippen molar-refractivity contribution in [2.75, 3.05) is 20.1 Å². The largest absolute Gasteiger partial charge is 0.306 e. The average molecular weight is 557 g/mol. The van der Waals surface area contributed by atoms with Crippen LogP contribution in [0.25, 0.3) is 27.8 Å². The van der Waals surface area contributed by atoms with Crippen molar-refractivity contribution < 1.29 is 9.18 Å². The smallest absolute Gasteiger partial charge is 0.216 e. The van der Waals surface area contributed by atoms with Crippen LogP contribution in [-0.4, -0.2) is 66.1 Å². The van der Waals surface area contributed by atoms with Gasteiger partial charge < -0.3 is 4.90 Å². The summed E-state index contributed by atoms with van der Waals surface area (Å²) >= 11 is 13.8. The topological polar surface area (TPSA) is 94.6 Å². The molecule has 0 spiro atoms. The molecule has 0 amide bonds. The standard InChI is InChI=1S/C24H19Cl2FN8OS/c1-33-6-4-15(5-7-33)35-24(30-31-32-35)37-23-22(28-19-9-17(25)18(26)10-20(19)29-23)34-11-13(12-36)16-3-2-14(27)8-21(16)34/h2-3,8-12,15H,4-7H2,1H3. The number of hydrogen-bond donors (Lipinski definition) is 0. The summed E-state index contributed by atoms with van der Waals surface area (Å²) in [5, 5.41) is 14.7. The quantitative estimate of drug-likeness (QED) is 0.271. The zero-order valence-corrected chi connectivity index (χ0v) is 21.8. The number of aldehydes is 1. The fourth-order valence-electron chi connectivity index (χ4n) is 4.55. The van der Waals surface area contributed by atoms with E-state index in [0.29, 0.717) is 53.5 Å². The van der Waals surface area contributed by atoms with Crippen LogP contribution in [0.5, 0.6) is 0 Å². The second-order valence-corrected chi connectivity index (χ2v) is 10.7. The first-order valence-electron chi connectivity index (χ1n) is 11.5. The number of tetrazole rings is 1. The molecule has 9 nitrogen and oxygen atoms in total. The Bertz CT molecular complexity index is 1660. The van der Waals surface area contributed by atoms with E-state index in [1.165, 1.54) is 23.9 Å². The fourth-order valence-corrected chi connectivity index (χ4v) is 5.78. The van der Waals surface area contributed by atoms with Gasteiger partial charge in [0.15, 0.2) is 12.1 Å². The van der Waals surface area contributed by atoms with Crippen molar-refractivity contribution >= 4 is 63.2 Å². The number of likely N-dealkylation sites (tertiary alicyclic amines) is 1. The molecule has 2 aromatic carbocycles. The lowest BCUT2D eigenvalue weighted by Gasteiger charge is -2.28. The maximum atomic E-state index is 14.3. The van der Waals surface area contributed by atoms with E-state index in [9.17, 15) is 9.18 Å². The third-order valence-corrected chi connectivity index (χ3v) is 8.14. The number of hydrogen-bond acceptors (Lipinski definition) is 8. The maximum absolute atomic E-state index is 14.3. The van der Waals surface area contributed by atoms with Gasteiger partial charge in [-0.25, -0.2) is 19.0 Å². The highest BCUT2D eigenvalue weighted by Gasteiger charge is 2.25. The van der Waals surface area contributed by atoms with Crippen LogP contribution in [0.3, 0.4) is 0 Å². The number of halogens is 3. The Morgan fingerprint density at radius 2 is 1.81 bits per heavy atom. The number of fused-ring (bicyclic) bond motifs is 2. The van der Waals surface area contributed by atoms with Gasteiger partial charge >= 0.3 is 0 Å². The van der Waals surface area contributed by atoms with Gasteiger partial charge in [-0.3, -0.25) is 9.36 Å². The summed E-state index contributed by atoms with van der Waals surface area (Å²) in [7, 11) is 2.09. The molecule has 37 heavy (non-hydrogen) atoms. The van der Waals surface area contributed by atoms with Gasteiger partial charge in [0.1, 0.15) is 10.8 Å². The number of rotatable bonds is 5. The average Bonchev–Trinajstić information content (AvgIpc) is 3.49. The van der Waals surface area contributed by atoms with Crippen LogP contribution >= 0.6 is 35.0 Å². The van der Waals surface area contributed by atoms with Crippen molar-refractivity contribution in [3.8, 4) is 5.82 Å². The third-order valence-electron chi connectivity index (χ3n) is 6.50. The van der Waals surface area contributed by atoms with Gasteiger partial charge in [-0.2, -0.15) is 0 Å². The zero-order valence-electron chi connectivity index (χ0n) is 19.5. The Balaban J connectivity index is 1.53. The lowest BCUT2D eigenvalue weighted by atomic mass is 10.1. The van der Waals surface area contributed by atoms with E-state index >= 15 is 0 Å². The van der Waals surface area contributed by atoms with E-state index < -0.39 is 5.82 Å². The van der Waals surface area contributed by atoms with E-state index in [4.69, 9.17) is 33.2 Å². The highest BCUT2D eigenvalue weighted by atomic mass is 35.5. The summed E-state index contributed by atoms with van der Waals surface area (Å²) in [6.07, 6.45) is 4.19. The van der Waals surface area contributed by atoms with E-state index in [-0.39, 0.29) is 6.04 Å². The van der Waals surface area contributed by atoms with Crippen LogP contribution in [0.15, 0.2) is 46.7 Å². The molecule has 1 saturated heterocycles. The van der Waals surface area contributed by atoms with Crippen molar-refractivity contribution in [2.45, 2.75) is 29.1 Å². The Kier molecular flexibility index (Phi) is 6.31. The summed E-state index contributed by atoms with van der Waals surface area (Å²) in [6.45, 7) is 1.90. The number of carbonyl (C=O) groups excluding carboxylic acids is 1. The molecule has 1 aliphatic rings. The Hall–Kier alpha value is -3.12. The minimum atomic E-state index is -0.437. The van der Waals surface area contributed by atoms with Gasteiger partial charge in [0.2, 0.25) is 5.16 Å². The molecule has 0 aliphatic carbocycles. The van der Waals surface area contributed by atoms with E-state index in [1.54, 1.807) is 29.0 Å². The molecule has 0 N–H and O–H groups in total. The van der Waals surface area contributed by atoms with Crippen molar-refractivity contribution in [3.63, 3.8) is 0 Å². The van der Waals surface area contributed by atoms with Crippen LogP contribution in [0.1, 0.15) is 29.2 Å². The molecule has 0 saturated carbocycles. The molecule has 1 fully saturated rings. The second-order valence-electron chi connectivity index (χ2n) is 8.88. The molecule has 0 atom stereocenters. The lowest BCUT2D eigenvalue weighted by Crippen LogP contribution is -2.32. The van der Waals surface area contributed by atoms with Gasteiger partial charge in [0.05, 0.1) is 32.6 Å². The summed E-state index contributed by atoms with van der Waals surface area (Å²) in [4.78, 5) is 23.7. The predicted molar refractivity (Wildman–Crippen MR) is 139 cm³/mol. The number of aromatic nitrogens is 7. The molecule has 13 heteroatoms. The van der Waals surface area contributed by atoms with Crippen LogP contribution in [-0.2, 0) is 0 Å². The van der Waals surface area contributed by atoms with Gasteiger partial charge in [0, 0.05) is 17.1 Å². The first-order chi connectivity index (χ1) is 17.9. The van der Waals surface area contributed by atoms with Crippen molar-refractivity contribution in [3.05, 3.63) is 58.0 Å². The van der Waals surface area contributed by atoms with Crippen molar-refractivity contribution in [2.24, 2.45) is 0 Å². The number of nitrogens with zero attached hydrogens (tertiary/aromatic N) is 8. The van der Waals surface area contributed by atoms with Gasteiger partial charge in [-0.15, -0.1) is 5.10 Å². The predicted octanol–water partition coefficient (Wildman–Crippen LogP) is 5.24. The van der Waals surface area contributed by atoms with Gasteiger partial charge in [0.25, 0.3) is 0 Å². The molecule has 4 heterocycles. The van der Waals surface area contributed by atoms with E-state index in [2.05, 4.69) is 27.5 Å². The second kappa shape index (κ2) is 9.64. The summed E-state index contributed by atoms with van der Waals surface area (Å²) in [6, 6.07) is 7.67. The van der Waals surface area contributed by atoms with Gasteiger partial charge in [-0.1, -0.05) is 23.2 Å². The minimum Gasteiger partial charge on any atom is -0.306 e. The molecule has 0 unspecified atom stereocenters. The summed E-state index contributed by atoms with van der Waals surface area (Å²) < 4.78 is 17.8. The lowest BCUT2D eigenvalue weighted by molar-refractivity contribution is 0.112. The van der Waals surface area contributed by atoms with Crippen molar-refractivity contribution in [1.29, 1.82) is 0 Å². The van der Waals surface area contributed by atoms with E-state index in [1.807, 2.05) is 4.68 Å². The van der Waals surface area contributed by atoms with Crippen LogP contribution < -0.4 is 0 Å². The Morgan fingerprint density at radius 3 is 2.54 bits per heavy atom. The molecule has 5 aromatic rings. The number of carbonyl (C=O) groups is 1. The van der Waals surface area contributed by atoms with Crippen LogP contribution in [0, 0.1) is 5.82 Å².